The Labute approximate surface area is 134 Å². The second kappa shape index (κ2) is 6.28. The largest absolute Gasteiger partial charge is 0.424 e. The molecule has 126 valence electrons. The van der Waals surface area contributed by atoms with Crippen LogP contribution in [0.15, 0.2) is 17.9 Å². The van der Waals surface area contributed by atoms with Gasteiger partial charge in [-0.1, -0.05) is 0 Å². The van der Waals surface area contributed by atoms with Crippen molar-refractivity contribution in [3.8, 4) is 0 Å². The number of nitrogens with one attached hydrogen (secondary N) is 1. The Balaban J connectivity index is 2.10. The van der Waals surface area contributed by atoms with Crippen LogP contribution < -0.4 is 5.32 Å². The van der Waals surface area contributed by atoms with Gasteiger partial charge in [0.05, 0.1) is 11.2 Å². The van der Waals surface area contributed by atoms with Gasteiger partial charge in [-0.3, -0.25) is 4.79 Å². The number of imidazole rings is 1. The van der Waals surface area contributed by atoms with Crippen LogP contribution in [0.4, 0.5) is 13.2 Å². The number of carbonyl (C=O) groups is 1. The molecule has 6 nitrogen and oxygen atoms in total. The number of rotatable bonds is 5. The van der Waals surface area contributed by atoms with Gasteiger partial charge in [-0.2, -0.15) is 13.2 Å². The van der Waals surface area contributed by atoms with Gasteiger partial charge in [0.15, 0.2) is 0 Å². The summed E-state index contributed by atoms with van der Waals surface area (Å²) in [5, 5.41) is 12.5. The summed E-state index contributed by atoms with van der Waals surface area (Å²) in [6.07, 6.45) is -3.18. The van der Waals surface area contributed by atoms with Crippen molar-refractivity contribution < 1.29 is 23.1 Å². The average molecular weight is 348 g/mol. The zero-order valence-corrected chi connectivity index (χ0v) is 13.2. The van der Waals surface area contributed by atoms with Crippen molar-refractivity contribution in [3.05, 3.63) is 34.3 Å². The minimum Gasteiger partial charge on any atom is -0.374 e. The molecule has 2 aromatic heterocycles. The topological polar surface area (TPSA) is 80.0 Å². The normalized spacial score (nSPS) is 14.5. The van der Waals surface area contributed by atoms with Crippen LogP contribution in [-0.2, 0) is 12.6 Å². The van der Waals surface area contributed by atoms with Crippen LogP contribution in [0, 0.1) is 6.92 Å². The number of carbonyl (C=O) groups excluding carboxylic acids is 1. The van der Waals surface area contributed by atoms with E-state index in [9.17, 15) is 23.1 Å². The molecule has 1 amide bonds. The summed E-state index contributed by atoms with van der Waals surface area (Å²) in [5.41, 5.74) is -1.16. The lowest BCUT2D eigenvalue weighted by molar-refractivity contribution is -0.272. The highest BCUT2D eigenvalue weighted by molar-refractivity contribution is 7.11. The highest BCUT2D eigenvalue weighted by Gasteiger charge is 2.57. The molecule has 2 heterocycles. The van der Waals surface area contributed by atoms with E-state index in [1.54, 1.807) is 6.92 Å². The Bertz CT molecular complexity index is 697. The van der Waals surface area contributed by atoms with Gasteiger partial charge in [0, 0.05) is 32.4 Å². The smallest absolute Gasteiger partial charge is 0.374 e. The summed E-state index contributed by atoms with van der Waals surface area (Å²) < 4.78 is 41.0. The number of thiazole rings is 1. The van der Waals surface area contributed by atoms with Crippen LogP contribution in [0.5, 0.6) is 0 Å². The fourth-order valence-corrected chi connectivity index (χ4v) is 2.82. The average Bonchev–Trinajstić information content (AvgIpc) is 3.05. The second-order valence-electron chi connectivity index (χ2n) is 4.99. The predicted octanol–water partition coefficient (Wildman–Crippen LogP) is 1.76. The number of nitrogens with zero attached hydrogens (tertiary/aromatic N) is 3. The molecule has 0 saturated heterocycles. The zero-order chi connectivity index (χ0) is 17.3. The van der Waals surface area contributed by atoms with E-state index in [1.807, 2.05) is 0 Å². The molecule has 0 radical (unpaired) electrons. The maximum absolute atomic E-state index is 13.3. The lowest BCUT2D eigenvalue weighted by atomic mass is 9.97. The van der Waals surface area contributed by atoms with E-state index in [2.05, 4.69) is 15.3 Å². The molecule has 2 rings (SSSR count). The van der Waals surface area contributed by atoms with Crippen LogP contribution in [0.2, 0.25) is 0 Å². The molecule has 0 saturated carbocycles. The number of alkyl halides is 3. The molecule has 0 aromatic carbocycles. The monoisotopic (exact) mass is 348 g/mol. The molecule has 0 aliphatic heterocycles. The van der Waals surface area contributed by atoms with Crippen LogP contribution in [0.1, 0.15) is 27.6 Å². The number of aliphatic hydroxyl groups is 1. The molecule has 23 heavy (non-hydrogen) atoms. The summed E-state index contributed by atoms with van der Waals surface area (Å²) in [5.74, 6) is -1.04. The first kappa shape index (κ1) is 17.4. The summed E-state index contributed by atoms with van der Waals surface area (Å²) in [6, 6.07) is 0. The van der Waals surface area contributed by atoms with Crippen molar-refractivity contribution in [2.24, 2.45) is 7.05 Å². The Hall–Kier alpha value is -1.94. The van der Waals surface area contributed by atoms with Gasteiger partial charge < -0.3 is 15.0 Å². The Morgan fingerprint density at radius 1 is 1.43 bits per heavy atom. The van der Waals surface area contributed by atoms with Gasteiger partial charge in [-0.25, -0.2) is 9.97 Å². The number of amides is 1. The fraction of sp³-hybridized carbons (Fsp3) is 0.462. The SMILES string of the molecule is Cc1ncsc1C(=O)NCCC(O)(c1nccn1C)C(F)(F)F. The van der Waals surface area contributed by atoms with Crippen molar-refractivity contribution in [1.29, 1.82) is 0 Å². The maximum atomic E-state index is 13.3. The van der Waals surface area contributed by atoms with Crippen molar-refractivity contribution in [3.63, 3.8) is 0 Å². The van der Waals surface area contributed by atoms with Gasteiger partial charge in [-0.15, -0.1) is 11.3 Å². The Morgan fingerprint density at radius 2 is 2.13 bits per heavy atom. The summed E-state index contributed by atoms with van der Waals surface area (Å²) in [7, 11) is 1.36. The van der Waals surface area contributed by atoms with Gasteiger partial charge in [0.1, 0.15) is 10.7 Å². The molecule has 0 aliphatic rings. The van der Waals surface area contributed by atoms with E-state index >= 15 is 0 Å². The minimum absolute atomic E-state index is 0.331. The van der Waals surface area contributed by atoms with E-state index in [0.717, 1.165) is 15.9 Å². The summed E-state index contributed by atoms with van der Waals surface area (Å²) >= 11 is 1.10. The Morgan fingerprint density at radius 3 is 2.61 bits per heavy atom. The van der Waals surface area contributed by atoms with Crippen molar-refractivity contribution in [1.82, 2.24) is 19.9 Å². The van der Waals surface area contributed by atoms with Crippen LogP contribution in [-0.4, -0.2) is 38.3 Å². The lowest BCUT2D eigenvalue weighted by Crippen LogP contribution is -2.46. The first-order chi connectivity index (χ1) is 10.7. The van der Waals surface area contributed by atoms with E-state index in [-0.39, 0.29) is 6.54 Å². The third-order valence-corrected chi connectivity index (χ3v) is 4.31. The van der Waals surface area contributed by atoms with Crippen LogP contribution in [0.25, 0.3) is 0 Å². The predicted molar refractivity (Wildman–Crippen MR) is 77.0 cm³/mol. The van der Waals surface area contributed by atoms with E-state index in [4.69, 9.17) is 0 Å². The zero-order valence-electron chi connectivity index (χ0n) is 12.4. The molecular formula is C13H15F3N4O2S. The molecule has 2 aromatic rings. The molecule has 1 atom stereocenters. The van der Waals surface area contributed by atoms with E-state index in [0.29, 0.717) is 10.6 Å². The summed E-state index contributed by atoms with van der Waals surface area (Å²) in [4.78, 5) is 19.7. The number of aromatic nitrogens is 3. The maximum Gasteiger partial charge on any atom is 0.424 e. The number of halogens is 3. The molecule has 0 spiro atoms. The molecule has 2 N–H and O–H groups in total. The number of hydrogen-bond acceptors (Lipinski definition) is 5. The molecule has 0 fully saturated rings. The highest BCUT2D eigenvalue weighted by Crippen LogP contribution is 2.40. The van der Waals surface area contributed by atoms with Gasteiger partial charge in [0.25, 0.3) is 5.91 Å². The molecule has 0 aliphatic carbocycles. The van der Waals surface area contributed by atoms with Gasteiger partial charge in [-0.05, 0) is 6.92 Å². The summed E-state index contributed by atoms with van der Waals surface area (Å²) in [6.45, 7) is 1.27. The molecule has 0 bridgehead atoms. The molecular weight excluding hydrogens is 333 g/mol. The first-order valence-corrected chi connectivity index (χ1v) is 7.50. The quantitative estimate of drug-likeness (QED) is 0.863. The second-order valence-corrected chi connectivity index (χ2v) is 5.85. The van der Waals surface area contributed by atoms with Crippen molar-refractivity contribution in [2.45, 2.75) is 25.1 Å². The third kappa shape index (κ3) is 3.37. The molecule has 1 unspecified atom stereocenters. The van der Waals surface area contributed by atoms with Crippen molar-refractivity contribution in [2.75, 3.05) is 6.54 Å². The van der Waals surface area contributed by atoms with Gasteiger partial charge >= 0.3 is 6.18 Å². The fourth-order valence-electron chi connectivity index (χ4n) is 2.10. The van der Waals surface area contributed by atoms with E-state index in [1.165, 1.54) is 25.0 Å². The van der Waals surface area contributed by atoms with Crippen molar-refractivity contribution >= 4 is 17.2 Å². The number of hydrogen-bond donors (Lipinski definition) is 2. The van der Waals surface area contributed by atoms with Gasteiger partial charge in [0.2, 0.25) is 5.60 Å². The Kier molecular flexibility index (Phi) is 4.76. The van der Waals surface area contributed by atoms with Crippen LogP contribution >= 0.6 is 11.3 Å². The minimum atomic E-state index is -4.92. The first-order valence-electron chi connectivity index (χ1n) is 6.62. The lowest BCUT2D eigenvalue weighted by Gasteiger charge is -2.29. The third-order valence-electron chi connectivity index (χ3n) is 3.38. The van der Waals surface area contributed by atoms with Crippen LogP contribution in [0.3, 0.4) is 0 Å². The van der Waals surface area contributed by atoms with E-state index < -0.39 is 29.9 Å². The highest BCUT2D eigenvalue weighted by atomic mass is 32.1. The number of aryl methyl sites for hydroxylation is 2. The standard InChI is InChI=1S/C13H15F3N4O2S/c1-8-9(23-7-19-8)10(21)17-4-3-12(22,13(14,15)16)11-18-5-6-20(11)2/h5-7,22H,3-4H2,1-2H3,(H,17,21). The molecule has 10 heteroatoms.